The highest BCUT2D eigenvalue weighted by molar-refractivity contribution is 5.72. The normalized spacial score (nSPS) is 11.3. The van der Waals surface area contributed by atoms with Crippen molar-refractivity contribution >= 4 is 17.8 Å². The highest BCUT2D eigenvalue weighted by atomic mass is 14.8. The summed E-state index contributed by atoms with van der Waals surface area (Å²) in [6.07, 6.45) is 4.39. The lowest BCUT2D eigenvalue weighted by Crippen LogP contribution is -2.04. The van der Waals surface area contributed by atoms with Crippen LogP contribution >= 0.6 is 0 Å². The highest BCUT2D eigenvalue weighted by Gasteiger charge is 2.17. The minimum atomic E-state index is 0.224. The Bertz CT molecular complexity index is 1200. The molecule has 33 heavy (non-hydrogen) atoms. The summed E-state index contributed by atoms with van der Waals surface area (Å²) >= 11 is 0. The van der Waals surface area contributed by atoms with Crippen LogP contribution in [-0.2, 0) is 0 Å². The molecule has 0 bridgehead atoms. The predicted molar refractivity (Wildman–Crippen MR) is 144 cm³/mol. The number of hydrogen-bond acceptors (Lipinski definition) is 1. The first kappa shape index (κ1) is 22.6. The van der Waals surface area contributed by atoms with Crippen LogP contribution in [0.5, 0.6) is 0 Å². The molecule has 0 atom stereocenters. The molecular weight excluding hydrogens is 398 g/mol. The van der Waals surface area contributed by atoms with E-state index in [1.807, 2.05) is 0 Å². The summed E-state index contributed by atoms with van der Waals surface area (Å²) in [5.74, 6) is 0.224. The largest absolute Gasteiger partial charge is 0.385 e. The van der Waals surface area contributed by atoms with Gasteiger partial charge in [0.2, 0.25) is 0 Å². The molecule has 0 saturated heterocycles. The number of rotatable bonds is 7. The fraction of sp³-hybridized carbons (Fsp3) is 0.188. The van der Waals surface area contributed by atoms with Crippen molar-refractivity contribution in [2.75, 3.05) is 11.9 Å². The van der Waals surface area contributed by atoms with Gasteiger partial charge in [-0.2, -0.15) is 0 Å². The highest BCUT2D eigenvalue weighted by Crippen LogP contribution is 2.33. The van der Waals surface area contributed by atoms with Crippen molar-refractivity contribution in [2.45, 2.75) is 33.6 Å². The van der Waals surface area contributed by atoms with Crippen molar-refractivity contribution < 1.29 is 0 Å². The second-order valence-electron chi connectivity index (χ2n) is 8.92. The second kappa shape index (κ2) is 10.4. The number of hydrogen-bond donors (Lipinski definition) is 1. The molecule has 0 spiro atoms. The molecule has 0 unspecified atom stereocenters. The van der Waals surface area contributed by atoms with Gasteiger partial charge in [-0.25, -0.2) is 0 Å². The van der Waals surface area contributed by atoms with Gasteiger partial charge in [-0.3, -0.25) is 0 Å². The maximum atomic E-state index is 3.41. The average molecular weight is 432 g/mol. The van der Waals surface area contributed by atoms with Crippen LogP contribution in [0.2, 0.25) is 0 Å². The summed E-state index contributed by atoms with van der Waals surface area (Å²) in [5, 5.41) is 3.41. The van der Waals surface area contributed by atoms with E-state index < -0.39 is 0 Å². The second-order valence-corrected chi connectivity index (χ2v) is 8.92. The zero-order chi connectivity index (χ0) is 23.2. The molecule has 0 amide bonds. The zero-order valence-electron chi connectivity index (χ0n) is 20.1. The maximum absolute atomic E-state index is 3.41. The molecule has 0 aliphatic carbocycles. The molecule has 0 aromatic heterocycles. The first-order valence-electron chi connectivity index (χ1n) is 11.8. The van der Waals surface area contributed by atoms with E-state index in [1.165, 1.54) is 50.2 Å². The molecule has 0 fully saturated rings. The molecule has 0 radical (unpaired) electrons. The molecule has 0 aliphatic heterocycles. The third kappa shape index (κ3) is 5.81. The summed E-state index contributed by atoms with van der Waals surface area (Å²) < 4.78 is 0. The van der Waals surface area contributed by atoms with Crippen LogP contribution in [0.25, 0.3) is 12.2 Å². The quantitative estimate of drug-likeness (QED) is 0.229. The van der Waals surface area contributed by atoms with E-state index in [-0.39, 0.29) is 5.92 Å². The van der Waals surface area contributed by atoms with Gasteiger partial charge in [0.05, 0.1) is 0 Å². The Morgan fingerprint density at radius 1 is 0.606 bits per heavy atom. The van der Waals surface area contributed by atoms with E-state index in [0.717, 1.165) is 6.54 Å². The third-order valence-electron chi connectivity index (χ3n) is 5.97. The Morgan fingerprint density at radius 3 is 1.79 bits per heavy atom. The fourth-order valence-electron chi connectivity index (χ4n) is 4.48. The van der Waals surface area contributed by atoms with Gasteiger partial charge in [0.25, 0.3) is 0 Å². The predicted octanol–water partition coefficient (Wildman–Crippen LogP) is 8.39. The Hall–Kier alpha value is -3.58. The van der Waals surface area contributed by atoms with E-state index in [2.05, 4.69) is 136 Å². The summed E-state index contributed by atoms with van der Waals surface area (Å²) in [6, 6.07) is 33.4. The topological polar surface area (TPSA) is 12.0 Å². The molecule has 4 aromatic rings. The van der Waals surface area contributed by atoms with E-state index >= 15 is 0 Å². The zero-order valence-corrected chi connectivity index (χ0v) is 20.1. The van der Waals surface area contributed by atoms with Crippen molar-refractivity contribution in [2.24, 2.45) is 0 Å². The number of nitrogens with one attached hydrogen (secondary N) is 1. The van der Waals surface area contributed by atoms with Gasteiger partial charge in [0, 0.05) is 18.2 Å². The Balaban J connectivity index is 1.64. The summed E-state index contributed by atoms with van der Waals surface area (Å²) in [7, 11) is 0. The Kier molecular flexibility index (Phi) is 7.10. The van der Waals surface area contributed by atoms with Crippen molar-refractivity contribution in [3.8, 4) is 0 Å². The van der Waals surface area contributed by atoms with Gasteiger partial charge in [0.1, 0.15) is 0 Å². The molecule has 0 heterocycles. The molecule has 1 heteroatoms. The van der Waals surface area contributed by atoms with Crippen LogP contribution in [-0.4, -0.2) is 6.54 Å². The minimum absolute atomic E-state index is 0.224. The lowest BCUT2D eigenvalue weighted by Gasteiger charge is -2.20. The van der Waals surface area contributed by atoms with Crippen molar-refractivity contribution in [1.82, 2.24) is 0 Å². The van der Waals surface area contributed by atoms with Gasteiger partial charge >= 0.3 is 0 Å². The third-order valence-corrected chi connectivity index (χ3v) is 5.97. The first-order chi connectivity index (χ1) is 16.0. The molecule has 4 aromatic carbocycles. The summed E-state index contributed by atoms with van der Waals surface area (Å²) in [5.41, 5.74) is 11.4. The van der Waals surface area contributed by atoms with Crippen LogP contribution in [0.4, 0.5) is 5.69 Å². The standard InChI is InChI=1S/C32H33N/c1-5-33-31-21-25(4)18-27(22-31)13-12-26-14-16-28(17-15-26)32(29-10-6-8-23(2)19-29)30-11-7-9-24(3)20-30/h6-22,32-33H,5H2,1-4H3/b13-12+. The van der Waals surface area contributed by atoms with Crippen LogP contribution in [0.1, 0.15) is 57.3 Å². The van der Waals surface area contributed by atoms with Gasteiger partial charge < -0.3 is 5.32 Å². The first-order valence-corrected chi connectivity index (χ1v) is 11.8. The van der Waals surface area contributed by atoms with Crippen LogP contribution in [0.3, 0.4) is 0 Å². The van der Waals surface area contributed by atoms with Crippen LogP contribution in [0, 0.1) is 20.8 Å². The average Bonchev–Trinajstić information content (AvgIpc) is 2.79. The molecule has 0 saturated carbocycles. The lowest BCUT2D eigenvalue weighted by molar-refractivity contribution is 0.971. The molecule has 166 valence electrons. The number of anilines is 1. The van der Waals surface area contributed by atoms with E-state index in [4.69, 9.17) is 0 Å². The van der Waals surface area contributed by atoms with Gasteiger partial charge in [-0.05, 0) is 73.2 Å². The smallest absolute Gasteiger partial charge is 0.0348 e. The number of benzene rings is 4. The molecular formula is C32H33N. The van der Waals surface area contributed by atoms with E-state index in [9.17, 15) is 0 Å². The van der Waals surface area contributed by atoms with Crippen LogP contribution in [0.15, 0.2) is 91.0 Å². The van der Waals surface area contributed by atoms with E-state index in [1.54, 1.807) is 0 Å². The Labute approximate surface area is 198 Å². The van der Waals surface area contributed by atoms with Gasteiger partial charge in [-0.1, -0.05) is 102 Å². The maximum Gasteiger partial charge on any atom is 0.0348 e. The van der Waals surface area contributed by atoms with Crippen molar-refractivity contribution in [3.05, 3.63) is 136 Å². The number of aryl methyl sites for hydroxylation is 3. The molecule has 4 rings (SSSR count). The summed E-state index contributed by atoms with van der Waals surface area (Å²) in [6.45, 7) is 9.52. The minimum Gasteiger partial charge on any atom is -0.385 e. The monoisotopic (exact) mass is 431 g/mol. The van der Waals surface area contributed by atoms with Crippen LogP contribution < -0.4 is 5.32 Å². The van der Waals surface area contributed by atoms with E-state index in [0.29, 0.717) is 0 Å². The fourth-order valence-corrected chi connectivity index (χ4v) is 4.48. The molecule has 0 aliphatic rings. The lowest BCUT2D eigenvalue weighted by atomic mass is 9.84. The SMILES string of the molecule is CCNc1cc(C)cc(/C=C/c2ccc(C(c3cccc(C)c3)c3cccc(C)c3)cc2)c1. The van der Waals surface area contributed by atoms with Crippen molar-refractivity contribution in [1.29, 1.82) is 0 Å². The Morgan fingerprint density at radius 2 is 1.21 bits per heavy atom. The molecule has 1 N–H and O–H groups in total. The van der Waals surface area contributed by atoms with Gasteiger partial charge in [-0.15, -0.1) is 0 Å². The molecule has 1 nitrogen and oxygen atoms in total. The van der Waals surface area contributed by atoms with Crippen molar-refractivity contribution in [3.63, 3.8) is 0 Å². The van der Waals surface area contributed by atoms with Gasteiger partial charge in [0.15, 0.2) is 0 Å². The summed E-state index contributed by atoms with van der Waals surface area (Å²) in [4.78, 5) is 0.